The van der Waals surface area contributed by atoms with Crippen LogP contribution < -0.4 is 0 Å². The highest BCUT2D eigenvalue weighted by atomic mass is 19.2. The number of hydrogen-bond acceptors (Lipinski definition) is 2. The largest absolute Gasteiger partial charge is 0.298 e. The fourth-order valence-corrected chi connectivity index (χ4v) is 1.21. The molecule has 0 saturated carbocycles. The van der Waals surface area contributed by atoms with Crippen molar-refractivity contribution in [2.45, 2.75) is 18.8 Å². The Hall–Kier alpha value is -1.46. The van der Waals surface area contributed by atoms with E-state index in [1.807, 2.05) is 0 Å². The lowest BCUT2D eigenvalue weighted by atomic mass is 10.1. The normalized spacial score (nSPS) is 27.7. The Bertz CT molecular complexity index is 359. The van der Waals surface area contributed by atoms with Gasteiger partial charge in [-0.2, -0.15) is 0 Å². The maximum Gasteiger partial charge on any atom is 0.155 e. The molecule has 0 radical (unpaired) electrons. The zero-order valence-electron chi connectivity index (χ0n) is 7.34. The number of allylic oxidation sites excluding steroid dienone is 4. The van der Waals surface area contributed by atoms with Crippen LogP contribution in [0.2, 0.25) is 0 Å². The molecular weight excluding hydrogens is 216 g/mol. The van der Waals surface area contributed by atoms with Gasteiger partial charge in [-0.3, -0.25) is 9.59 Å². The second kappa shape index (κ2) is 4.37. The van der Waals surface area contributed by atoms with Crippen LogP contribution >= 0.6 is 0 Å². The van der Waals surface area contributed by atoms with Crippen molar-refractivity contribution in [2.75, 3.05) is 0 Å². The maximum atomic E-state index is 13.2. The molecule has 0 aromatic rings. The topological polar surface area (TPSA) is 34.1 Å². The Morgan fingerprint density at radius 1 is 1.07 bits per heavy atom. The van der Waals surface area contributed by atoms with Crippen molar-refractivity contribution in [3.63, 3.8) is 0 Å². The van der Waals surface area contributed by atoms with Gasteiger partial charge in [0.05, 0.1) is 11.1 Å². The van der Waals surface area contributed by atoms with E-state index >= 15 is 0 Å². The quantitative estimate of drug-likeness (QED) is 0.528. The van der Waals surface area contributed by atoms with Gasteiger partial charge in [0.1, 0.15) is 17.8 Å². The molecule has 82 valence electrons. The summed E-state index contributed by atoms with van der Waals surface area (Å²) in [4.78, 5) is 20.6. The molecule has 0 aromatic carbocycles. The Morgan fingerprint density at radius 2 is 1.67 bits per heavy atom. The van der Waals surface area contributed by atoms with Gasteiger partial charge in [0.15, 0.2) is 18.7 Å². The number of hydrogen-bond donors (Lipinski definition) is 0. The number of carbonyl (C=O) groups is 2. The van der Waals surface area contributed by atoms with Gasteiger partial charge in [0, 0.05) is 6.42 Å². The highest BCUT2D eigenvalue weighted by Crippen LogP contribution is 2.32. The third-order valence-electron chi connectivity index (χ3n) is 2.02. The Labute approximate surface area is 82.3 Å². The highest BCUT2D eigenvalue weighted by molar-refractivity contribution is 5.86. The molecular formula is C9H6F4O2. The van der Waals surface area contributed by atoms with Gasteiger partial charge in [0.2, 0.25) is 0 Å². The summed E-state index contributed by atoms with van der Waals surface area (Å²) in [5, 5.41) is 0. The fraction of sp³-hybridized carbons (Fsp3) is 0.333. The van der Waals surface area contributed by atoms with Crippen molar-refractivity contribution in [3.05, 3.63) is 22.8 Å². The monoisotopic (exact) mass is 222 g/mol. The molecule has 0 aliphatic heterocycles. The zero-order valence-corrected chi connectivity index (χ0v) is 7.34. The van der Waals surface area contributed by atoms with Crippen LogP contribution in [0.1, 0.15) is 6.42 Å². The zero-order chi connectivity index (χ0) is 11.6. The lowest BCUT2D eigenvalue weighted by Gasteiger charge is -2.06. The van der Waals surface area contributed by atoms with Crippen LogP contribution in [0.4, 0.5) is 17.6 Å². The van der Waals surface area contributed by atoms with Gasteiger partial charge < -0.3 is 0 Å². The first kappa shape index (κ1) is 11.6. The predicted octanol–water partition coefficient (Wildman–Crippen LogP) is 1.91. The molecule has 6 heteroatoms. The molecule has 0 fully saturated rings. The summed E-state index contributed by atoms with van der Waals surface area (Å²) in [6, 6.07) is 0. The summed E-state index contributed by atoms with van der Waals surface area (Å²) >= 11 is 0. The van der Waals surface area contributed by atoms with Crippen LogP contribution in [0, 0.1) is 0 Å². The summed E-state index contributed by atoms with van der Waals surface area (Å²) in [5.41, 5.74) is -2.27. The molecule has 0 bridgehead atoms. The Balaban J connectivity index is 3.35. The van der Waals surface area contributed by atoms with Crippen LogP contribution in [0.3, 0.4) is 0 Å². The van der Waals surface area contributed by atoms with Crippen molar-refractivity contribution in [1.29, 1.82) is 0 Å². The SMILES string of the molecule is O=CC1=C(F)C(F)CC(F)C(C=O)=C1F. The number of carbonyl (C=O) groups excluding carboxylic acids is 2. The van der Waals surface area contributed by atoms with Gasteiger partial charge in [-0.1, -0.05) is 0 Å². The first-order valence-electron chi connectivity index (χ1n) is 4.01. The molecule has 0 heterocycles. The third kappa shape index (κ3) is 1.98. The molecule has 0 saturated heterocycles. The lowest BCUT2D eigenvalue weighted by molar-refractivity contribution is -0.105. The van der Waals surface area contributed by atoms with Crippen molar-refractivity contribution in [1.82, 2.24) is 0 Å². The van der Waals surface area contributed by atoms with E-state index in [4.69, 9.17) is 0 Å². The van der Waals surface area contributed by atoms with E-state index in [9.17, 15) is 27.2 Å². The number of aldehydes is 2. The van der Waals surface area contributed by atoms with Crippen LogP contribution in [0.5, 0.6) is 0 Å². The van der Waals surface area contributed by atoms with Gasteiger partial charge >= 0.3 is 0 Å². The van der Waals surface area contributed by atoms with E-state index in [-0.39, 0.29) is 12.6 Å². The first-order chi connectivity index (χ1) is 7.02. The van der Waals surface area contributed by atoms with E-state index in [0.717, 1.165) is 0 Å². The third-order valence-corrected chi connectivity index (χ3v) is 2.02. The molecule has 1 aliphatic rings. The van der Waals surface area contributed by atoms with Gasteiger partial charge in [-0.15, -0.1) is 0 Å². The molecule has 1 rings (SSSR count). The van der Waals surface area contributed by atoms with Gasteiger partial charge in [-0.25, -0.2) is 17.6 Å². The minimum atomic E-state index is -2.41. The predicted molar refractivity (Wildman–Crippen MR) is 42.8 cm³/mol. The van der Waals surface area contributed by atoms with E-state index in [1.54, 1.807) is 0 Å². The smallest absolute Gasteiger partial charge is 0.155 e. The number of rotatable bonds is 2. The van der Waals surface area contributed by atoms with Crippen LogP contribution in [0.15, 0.2) is 22.8 Å². The Kier molecular flexibility index (Phi) is 3.39. The lowest BCUT2D eigenvalue weighted by Crippen LogP contribution is -2.12. The summed E-state index contributed by atoms with van der Waals surface area (Å²) < 4.78 is 52.0. The van der Waals surface area contributed by atoms with Crippen molar-refractivity contribution < 1.29 is 27.2 Å². The van der Waals surface area contributed by atoms with Crippen LogP contribution in [0.25, 0.3) is 0 Å². The summed E-state index contributed by atoms with van der Waals surface area (Å²) in [6.07, 6.45) is -6.14. The standard InChI is InChI=1S/C9H6F4O2/c10-6-1-7(11)9(13)5(3-15)8(12)4(6)2-14/h2-3,6-7H,1H2. The minimum absolute atomic E-state index is 0.186. The van der Waals surface area contributed by atoms with E-state index in [0.29, 0.717) is 0 Å². The van der Waals surface area contributed by atoms with Crippen molar-refractivity contribution in [3.8, 4) is 0 Å². The first-order valence-corrected chi connectivity index (χ1v) is 4.01. The van der Waals surface area contributed by atoms with Crippen molar-refractivity contribution >= 4 is 12.6 Å². The maximum absolute atomic E-state index is 13.2. The molecule has 0 spiro atoms. The Morgan fingerprint density at radius 3 is 2.13 bits per heavy atom. The fourth-order valence-electron chi connectivity index (χ4n) is 1.21. The second-order valence-corrected chi connectivity index (χ2v) is 2.94. The average Bonchev–Trinajstić information content (AvgIpc) is 2.25. The van der Waals surface area contributed by atoms with Crippen LogP contribution in [-0.2, 0) is 9.59 Å². The number of halogens is 4. The summed E-state index contributed by atoms with van der Waals surface area (Å²) in [5.74, 6) is -3.31. The second-order valence-electron chi connectivity index (χ2n) is 2.94. The molecule has 2 unspecified atom stereocenters. The average molecular weight is 222 g/mol. The van der Waals surface area contributed by atoms with Gasteiger partial charge in [-0.05, 0) is 0 Å². The van der Waals surface area contributed by atoms with Gasteiger partial charge in [0.25, 0.3) is 0 Å². The van der Waals surface area contributed by atoms with Crippen LogP contribution in [-0.4, -0.2) is 24.9 Å². The molecule has 2 atom stereocenters. The molecule has 0 N–H and O–H groups in total. The van der Waals surface area contributed by atoms with E-state index < -0.39 is 41.6 Å². The van der Waals surface area contributed by atoms with E-state index in [2.05, 4.69) is 0 Å². The van der Waals surface area contributed by atoms with Crippen molar-refractivity contribution in [2.24, 2.45) is 0 Å². The number of alkyl halides is 2. The highest BCUT2D eigenvalue weighted by Gasteiger charge is 2.33. The molecule has 2 nitrogen and oxygen atoms in total. The molecule has 1 aliphatic carbocycles. The minimum Gasteiger partial charge on any atom is -0.298 e. The molecule has 0 amide bonds. The molecule has 15 heavy (non-hydrogen) atoms. The van der Waals surface area contributed by atoms with E-state index in [1.165, 1.54) is 0 Å². The summed E-state index contributed by atoms with van der Waals surface area (Å²) in [6.45, 7) is 0. The summed E-state index contributed by atoms with van der Waals surface area (Å²) in [7, 11) is 0. The molecule has 0 aromatic heterocycles.